The fourth-order valence-corrected chi connectivity index (χ4v) is 4.94. The van der Waals surface area contributed by atoms with Crippen LogP contribution in [0.4, 0.5) is 0 Å². The van der Waals surface area contributed by atoms with Crippen LogP contribution in [0, 0.1) is 24.2 Å². The number of carbonyl (C=O) groups is 3. The predicted octanol–water partition coefficient (Wildman–Crippen LogP) is 5.42. The smallest absolute Gasteiger partial charge is 0.315 e. The highest BCUT2D eigenvalue weighted by Gasteiger charge is 2.26. The molecule has 2 aliphatic rings. The number of benzene rings is 2. The Labute approximate surface area is 200 Å². The van der Waals surface area contributed by atoms with Crippen LogP contribution in [0.1, 0.15) is 78.4 Å². The minimum atomic E-state index is -0.271. The van der Waals surface area contributed by atoms with Gasteiger partial charge >= 0.3 is 11.9 Å². The normalized spacial score (nSPS) is 19.4. The highest BCUT2D eigenvalue weighted by Crippen LogP contribution is 2.32. The number of terminal acetylenes is 1. The summed E-state index contributed by atoms with van der Waals surface area (Å²) < 4.78 is 10.7. The largest absolute Gasteiger partial charge is 0.461 e. The third-order valence-corrected chi connectivity index (χ3v) is 6.93. The lowest BCUT2D eigenvalue weighted by Gasteiger charge is -2.15. The number of esters is 2. The Hall–Kier alpha value is -3.39. The second kappa shape index (κ2) is 11.2. The topological polar surface area (TPSA) is 69.7 Å². The van der Waals surface area contributed by atoms with Crippen LogP contribution in [-0.4, -0.2) is 17.7 Å². The van der Waals surface area contributed by atoms with Crippen LogP contribution in [0.2, 0.25) is 0 Å². The molecule has 0 bridgehead atoms. The van der Waals surface area contributed by atoms with Gasteiger partial charge in [-0.25, -0.2) is 0 Å². The summed E-state index contributed by atoms with van der Waals surface area (Å²) in [7, 11) is 0. The van der Waals surface area contributed by atoms with Crippen molar-refractivity contribution in [1.29, 1.82) is 0 Å². The van der Waals surface area contributed by atoms with E-state index in [0.717, 1.165) is 61.6 Å². The number of ether oxygens (including phenoxy) is 2. The van der Waals surface area contributed by atoms with E-state index in [2.05, 4.69) is 5.92 Å². The van der Waals surface area contributed by atoms with Gasteiger partial charge in [-0.2, -0.15) is 0 Å². The van der Waals surface area contributed by atoms with Crippen LogP contribution in [0.3, 0.4) is 0 Å². The summed E-state index contributed by atoms with van der Waals surface area (Å²) in [5, 5.41) is 0. The molecule has 2 unspecified atom stereocenters. The highest BCUT2D eigenvalue weighted by atomic mass is 16.5. The summed E-state index contributed by atoms with van der Waals surface area (Å²) in [4.78, 5) is 36.6. The van der Waals surface area contributed by atoms with Gasteiger partial charge in [0.15, 0.2) is 5.78 Å². The molecule has 1 fully saturated rings. The number of hydrogen-bond acceptors (Lipinski definition) is 5. The molecular weight excluding hydrogens is 428 g/mol. The van der Waals surface area contributed by atoms with Crippen molar-refractivity contribution < 1.29 is 23.9 Å². The van der Waals surface area contributed by atoms with Gasteiger partial charge in [0.2, 0.25) is 0 Å². The van der Waals surface area contributed by atoms with Gasteiger partial charge in [0, 0.05) is 28.7 Å². The lowest BCUT2D eigenvalue weighted by molar-refractivity contribution is -0.150. The molecule has 1 heterocycles. The maximum Gasteiger partial charge on any atom is 0.315 e. The highest BCUT2D eigenvalue weighted by molar-refractivity contribution is 5.97. The zero-order valence-corrected chi connectivity index (χ0v) is 19.4. The van der Waals surface area contributed by atoms with Gasteiger partial charge in [-0.1, -0.05) is 55.5 Å². The Morgan fingerprint density at radius 3 is 2.79 bits per heavy atom. The Kier molecular flexibility index (Phi) is 7.80. The number of Topliss-reactive ketones (excluding diaryl/α,β-unsaturated/α-hetero) is 1. The van der Waals surface area contributed by atoms with Crippen LogP contribution in [0.5, 0.6) is 5.75 Å². The maximum atomic E-state index is 12.6. The lowest BCUT2D eigenvalue weighted by Crippen LogP contribution is -2.17. The van der Waals surface area contributed by atoms with Crippen molar-refractivity contribution in [3.63, 3.8) is 0 Å². The second-order valence-corrected chi connectivity index (χ2v) is 9.27. The molecule has 0 amide bonds. The number of hydrogen-bond donors (Lipinski definition) is 0. The van der Waals surface area contributed by atoms with E-state index in [1.807, 2.05) is 30.3 Å². The van der Waals surface area contributed by atoms with E-state index in [1.54, 1.807) is 12.1 Å². The maximum absolute atomic E-state index is 12.6. The molecule has 2 aromatic rings. The molecule has 0 saturated heterocycles. The molecule has 34 heavy (non-hydrogen) atoms. The van der Waals surface area contributed by atoms with Crippen LogP contribution < -0.4 is 4.74 Å². The van der Waals surface area contributed by atoms with Gasteiger partial charge in [0.25, 0.3) is 0 Å². The first-order chi connectivity index (χ1) is 16.5. The van der Waals surface area contributed by atoms with Gasteiger partial charge in [-0.15, -0.1) is 6.42 Å². The minimum absolute atomic E-state index is 0.0706. The molecule has 1 aliphatic carbocycles. The van der Waals surface area contributed by atoms with Crippen molar-refractivity contribution in [1.82, 2.24) is 0 Å². The Morgan fingerprint density at radius 1 is 1.09 bits per heavy atom. The van der Waals surface area contributed by atoms with Crippen molar-refractivity contribution in [2.24, 2.45) is 11.8 Å². The van der Waals surface area contributed by atoms with Crippen molar-refractivity contribution in [2.45, 2.75) is 64.4 Å². The number of fused-ring (bicyclic) bond motifs is 1. The average molecular weight is 459 g/mol. The molecule has 1 saturated carbocycles. The summed E-state index contributed by atoms with van der Waals surface area (Å²) in [6, 6.07) is 12.8. The molecule has 0 radical (unpaired) electrons. The van der Waals surface area contributed by atoms with Crippen LogP contribution >= 0.6 is 0 Å². The van der Waals surface area contributed by atoms with Gasteiger partial charge < -0.3 is 9.47 Å². The summed E-state index contributed by atoms with van der Waals surface area (Å²) >= 11 is 0. The fourth-order valence-electron chi connectivity index (χ4n) is 4.94. The van der Waals surface area contributed by atoms with Crippen LogP contribution in [0.15, 0.2) is 42.5 Å². The average Bonchev–Trinajstić information content (AvgIpc) is 3.06. The molecule has 5 heteroatoms. The number of ketones is 1. The Morgan fingerprint density at radius 2 is 1.94 bits per heavy atom. The summed E-state index contributed by atoms with van der Waals surface area (Å²) in [6.45, 7) is 0.211. The van der Waals surface area contributed by atoms with E-state index in [4.69, 9.17) is 15.9 Å². The Bertz CT molecular complexity index is 1110. The van der Waals surface area contributed by atoms with Crippen molar-refractivity contribution in [3.05, 3.63) is 64.7 Å². The lowest BCUT2D eigenvalue weighted by atomic mass is 9.92. The third kappa shape index (κ3) is 5.94. The molecule has 0 N–H and O–H groups in total. The van der Waals surface area contributed by atoms with Crippen molar-refractivity contribution >= 4 is 17.7 Å². The molecular formula is C29H30O5. The first kappa shape index (κ1) is 23.8. The zero-order chi connectivity index (χ0) is 23.9. The number of rotatable bonds is 8. The molecule has 1 aliphatic heterocycles. The van der Waals surface area contributed by atoms with Gasteiger partial charge in [-0.3, -0.25) is 14.4 Å². The predicted molar refractivity (Wildman–Crippen MR) is 128 cm³/mol. The first-order valence-corrected chi connectivity index (χ1v) is 12.1. The van der Waals surface area contributed by atoms with E-state index in [1.165, 1.54) is 0 Å². The SMILES string of the molecule is C#Cc1ccccc1COC(=O)C1CCCC(CCCC(=O)c2ccc3c(c2)OC(=O)C3)CC1. The molecule has 176 valence electrons. The number of carbonyl (C=O) groups excluding carboxylic acids is 3. The standard InChI is InChI=1S/C29H30O5/c1-2-21-9-3-4-10-25(21)19-33-29(32)22-11-5-7-20(13-14-22)8-6-12-26(30)23-15-16-24-18-28(31)34-27(24)17-23/h1,3-4,9-10,15-17,20,22H,5-8,11-14,18-19H2. The van der Waals surface area contributed by atoms with E-state index < -0.39 is 0 Å². The zero-order valence-electron chi connectivity index (χ0n) is 19.4. The third-order valence-electron chi connectivity index (χ3n) is 6.93. The molecule has 0 spiro atoms. The Balaban J connectivity index is 1.20. The summed E-state index contributed by atoms with van der Waals surface area (Å²) in [5.41, 5.74) is 3.06. The first-order valence-electron chi connectivity index (χ1n) is 12.1. The molecule has 2 atom stereocenters. The molecule has 4 rings (SSSR count). The monoisotopic (exact) mass is 458 g/mol. The van der Waals surface area contributed by atoms with E-state index in [0.29, 0.717) is 23.7 Å². The molecule has 5 nitrogen and oxygen atoms in total. The van der Waals surface area contributed by atoms with Gasteiger partial charge in [-0.05, 0) is 43.7 Å². The van der Waals surface area contributed by atoms with Crippen LogP contribution in [-0.2, 0) is 27.4 Å². The second-order valence-electron chi connectivity index (χ2n) is 9.27. The fraction of sp³-hybridized carbons (Fsp3) is 0.414. The summed E-state index contributed by atoms with van der Waals surface area (Å²) in [6.07, 6.45) is 12.8. The van der Waals surface area contributed by atoms with E-state index in [9.17, 15) is 14.4 Å². The van der Waals surface area contributed by atoms with Crippen molar-refractivity contribution in [3.8, 4) is 18.1 Å². The van der Waals surface area contributed by atoms with Crippen molar-refractivity contribution in [2.75, 3.05) is 0 Å². The van der Waals surface area contributed by atoms with Gasteiger partial charge in [0.1, 0.15) is 12.4 Å². The van der Waals surface area contributed by atoms with E-state index >= 15 is 0 Å². The minimum Gasteiger partial charge on any atom is -0.461 e. The van der Waals surface area contributed by atoms with E-state index in [-0.39, 0.29) is 36.7 Å². The van der Waals surface area contributed by atoms with Crippen LogP contribution in [0.25, 0.3) is 0 Å². The summed E-state index contributed by atoms with van der Waals surface area (Å²) in [5.74, 6) is 3.26. The molecule has 0 aromatic heterocycles. The van der Waals surface area contributed by atoms with Gasteiger partial charge in [0.05, 0.1) is 12.3 Å². The quantitative estimate of drug-likeness (QED) is 0.174. The molecule has 2 aromatic carbocycles.